The number of aromatic nitrogens is 1. The average Bonchev–Trinajstić information content (AvgIpc) is 3.17. The van der Waals surface area contributed by atoms with Gasteiger partial charge in [0.1, 0.15) is 5.69 Å². The lowest BCUT2D eigenvalue weighted by molar-refractivity contribution is 0.0768. The lowest BCUT2D eigenvalue weighted by Crippen LogP contribution is -2.36. The van der Waals surface area contributed by atoms with Crippen LogP contribution in [0.2, 0.25) is 0 Å². The Hall–Kier alpha value is -1.33. The highest BCUT2D eigenvalue weighted by atomic mass is 16.2. The Morgan fingerprint density at radius 2 is 2.05 bits per heavy atom. The average molecular weight is 290 g/mol. The minimum Gasteiger partial charge on any atom is -0.340 e. The zero-order chi connectivity index (χ0) is 14.8. The van der Waals surface area contributed by atoms with Gasteiger partial charge in [-0.2, -0.15) is 0 Å². The number of hydrogen-bond acceptors (Lipinski definition) is 3. The summed E-state index contributed by atoms with van der Waals surface area (Å²) in [6.45, 7) is 3.81. The van der Waals surface area contributed by atoms with E-state index in [4.69, 9.17) is 0 Å². The second-order valence-electron chi connectivity index (χ2n) is 6.44. The maximum absolute atomic E-state index is 12.8. The first-order valence-electron chi connectivity index (χ1n) is 8.00. The van der Waals surface area contributed by atoms with Gasteiger partial charge in [-0.25, -0.2) is 0 Å². The van der Waals surface area contributed by atoms with Crippen molar-refractivity contribution >= 4 is 5.91 Å². The standard InChI is InChI=1S/C16H26N4O/c1-18(2)14-7-11-19(12-14)16(21)15-4-3-10-20(15)13-5-8-17-9-6-13/h3-4,10,13-14,17H,5-9,11-12H2,1-2H3. The minimum absolute atomic E-state index is 0.197. The molecule has 3 rings (SSSR count). The molecule has 1 N–H and O–H groups in total. The first kappa shape index (κ1) is 14.6. The van der Waals surface area contributed by atoms with Crippen molar-refractivity contribution in [1.29, 1.82) is 0 Å². The molecule has 0 radical (unpaired) electrons. The van der Waals surface area contributed by atoms with Crippen LogP contribution in [-0.2, 0) is 0 Å². The summed E-state index contributed by atoms with van der Waals surface area (Å²) in [7, 11) is 4.19. The van der Waals surface area contributed by atoms with Crippen LogP contribution in [0.1, 0.15) is 35.8 Å². The fourth-order valence-corrected chi connectivity index (χ4v) is 3.49. The maximum atomic E-state index is 12.8. The number of hydrogen-bond donors (Lipinski definition) is 1. The van der Waals surface area contributed by atoms with Gasteiger partial charge in [-0.15, -0.1) is 0 Å². The first-order valence-corrected chi connectivity index (χ1v) is 8.00. The lowest BCUT2D eigenvalue weighted by Gasteiger charge is -2.27. The van der Waals surface area contributed by atoms with E-state index in [1.807, 2.05) is 17.0 Å². The van der Waals surface area contributed by atoms with Crippen LogP contribution in [0.25, 0.3) is 0 Å². The van der Waals surface area contributed by atoms with Gasteiger partial charge in [0.05, 0.1) is 0 Å². The molecule has 0 saturated carbocycles. The van der Waals surface area contributed by atoms with Gasteiger partial charge in [-0.05, 0) is 58.6 Å². The number of carbonyl (C=O) groups is 1. The number of likely N-dealkylation sites (N-methyl/N-ethyl adjacent to an activating group) is 1. The van der Waals surface area contributed by atoms with Crippen LogP contribution < -0.4 is 5.32 Å². The Labute approximate surface area is 126 Å². The molecule has 2 saturated heterocycles. The first-order chi connectivity index (χ1) is 10.2. The highest BCUT2D eigenvalue weighted by Crippen LogP contribution is 2.23. The Bertz CT molecular complexity index is 490. The molecule has 0 aliphatic carbocycles. The Balaban J connectivity index is 1.72. The number of nitrogens with one attached hydrogen (secondary N) is 1. The van der Waals surface area contributed by atoms with Gasteiger partial charge in [-0.3, -0.25) is 4.79 Å². The van der Waals surface area contributed by atoms with Crippen molar-refractivity contribution in [2.75, 3.05) is 40.3 Å². The zero-order valence-corrected chi connectivity index (χ0v) is 13.1. The molecule has 21 heavy (non-hydrogen) atoms. The quantitative estimate of drug-likeness (QED) is 0.909. The third kappa shape index (κ3) is 2.99. The summed E-state index contributed by atoms with van der Waals surface area (Å²) in [6, 6.07) is 4.95. The topological polar surface area (TPSA) is 40.5 Å². The third-order valence-corrected chi connectivity index (χ3v) is 4.88. The van der Waals surface area contributed by atoms with Gasteiger partial charge in [0.25, 0.3) is 5.91 Å². The van der Waals surface area contributed by atoms with Crippen molar-refractivity contribution in [2.45, 2.75) is 31.3 Å². The highest BCUT2D eigenvalue weighted by molar-refractivity contribution is 5.93. The van der Waals surface area contributed by atoms with E-state index in [0.717, 1.165) is 51.1 Å². The van der Waals surface area contributed by atoms with Crippen molar-refractivity contribution in [1.82, 2.24) is 19.7 Å². The summed E-state index contributed by atoms with van der Waals surface area (Å²) in [5.41, 5.74) is 0.862. The molecule has 1 aromatic rings. The van der Waals surface area contributed by atoms with E-state index in [2.05, 4.69) is 35.1 Å². The summed E-state index contributed by atoms with van der Waals surface area (Å²) < 4.78 is 2.20. The number of piperidine rings is 1. The molecule has 1 amide bonds. The Kier molecular flexibility index (Phi) is 4.31. The molecule has 3 heterocycles. The van der Waals surface area contributed by atoms with Crippen molar-refractivity contribution in [2.24, 2.45) is 0 Å². The van der Waals surface area contributed by atoms with E-state index in [-0.39, 0.29) is 5.91 Å². The van der Waals surface area contributed by atoms with E-state index in [1.54, 1.807) is 0 Å². The van der Waals surface area contributed by atoms with Crippen LogP contribution in [0.4, 0.5) is 0 Å². The number of carbonyl (C=O) groups excluding carboxylic acids is 1. The predicted octanol–water partition coefficient (Wildman–Crippen LogP) is 1.19. The van der Waals surface area contributed by atoms with Gasteiger partial charge in [0.2, 0.25) is 0 Å². The fraction of sp³-hybridized carbons (Fsp3) is 0.688. The monoisotopic (exact) mass is 290 g/mol. The molecule has 1 aromatic heterocycles. The van der Waals surface area contributed by atoms with Gasteiger partial charge < -0.3 is 19.7 Å². The molecule has 0 spiro atoms. The summed E-state index contributed by atoms with van der Waals surface area (Å²) in [6.07, 6.45) is 5.36. The lowest BCUT2D eigenvalue weighted by atomic mass is 10.1. The van der Waals surface area contributed by atoms with Crippen LogP contribution >= 0.6 is 0 Å². The van der Waals surface area contributed by atoms with E-state index in [9.17, 15) is 4.79 Å². The molecule has 2 fully saturated rings. The second kappa shape index (κ2) is 6.20. The molecular weight excluding hydrogens is 264 g/mol. The maximum Gasteiger partial charge on any atom is 0.270 e. The van der Waals surface area contributed by atoms with Crippen molar-refractivity contribution in [3.63, 3.8) is 0 Å². The molecule has 2 aliphatic rings. The number of nitrogens with zero attached hydrogens (tertiary/aromatic N) is 3. The van der Waals surface area contributed by atoms with Gasteiger partial charge >= 0.3 is 0 Å². The summed E-state index contributed by atoms with van der Waals surface area (Å²) in [5, 5.41) is 3.38. The normalized spacial score (nSPS) is 24.0. The second-order valence-corrected chi connectivity index (χ2v) is 6.44. The van der Waals surface area contributed by atoms with Gasteiger partial charge in [-0.1, -0.05) is 0 Å². The van der Waals surface area contributed by atoms with E-state index < -0.39 is 0 Å². The summed E-state index contributed by atoms with van der Waals surface area (Å²) >= 11 is 0. The molecule has 5 heteroatoms. The molecule has 5 nitrogen and oxygen atoms in total. The number of likely N-dealkylation sites (tertiary alicyclic amines) is 1. The van der Waals surface area contributed by atoms with Crippen LogP contribution in [0.15, 0.2) is 18.3 Å². The van der Waals surface area contributed by atoms with Crippen molar-refractivity contribution in [3.8, 4) is 0 Å². The van der Waals surface area contributed by atoms with Crippen LogP contribution in [0, 0.1) is 0 Å². The van der Waals surface area contributed by atoms with E-state index in [0.29, 0.717) is 12.1 Å². The molecule has 0 bridgehead atoms. The Morgan fingerprint density at radius 1 is 1.29 bits per heavy atom. The SMILES string of the molecule is CN(C)C1CCN(C(=O)c2cccn2C2CCNCC2)C1. The third-order valence-electron chi connectivity index (χ3n) is 4.88. The molecule has 1 unspecified atom stereocenters. The van der Waals surface area contributed by atoms with Crippen LogP contribution in [0.5, 0.6) is 0 Å². The molecule has 0 aromatic carbocycles. The minimum atomic E-state index is 0.197. The molecular formula is C16H26N4O. The van der Waals surface area contributed by atoms with Crippen LogP contribution in [0.3, 0.4) is 0 Å². The highest BCUT2D eigenvalue weighted by Gasteiger charge is 2.30. The van der Waals surface area contributed by atoms with Crippen molar-refractivity contribution < 1.29 is 4.79 Å². The Morgan fingerprint density at radius 3 is 2.71 bits per heavy atom. The number of rotatable bonds is 3. The van der Waals surface area contributed by atoms with E-state index in [1.165, 1.54) is 0 Å². The molecule has 2 aliphatic heterocycles. The zero-order valence-electron chi connectivity index (χ0n) is 13.1. The summed E-state index contributed by atoms with van der Waals surface area (Å²) in [5.74, 6) is 0.197. The predicted molar refractivity (Wildman–Crippen MR) is 83.6 cm³/mol. The van der Waals surface area contributed by atoms with Gasteiger partial charge in [0.15, 0.2) is 0 Å². The van der Waals surface area contributed by atoms with Gasteiger partial charge in [0, 0.05) is 31.4 Å². The molecule has 1 atom stereocenters. The van der Waals surface area contributed by atoms with E-state index >= 15 is 0 Å². The fourth-order valence-electron chi connectivity index (χ4n) is 3.49. The largest absolute Gasteiger partial charge is 0.340 e. The van der Waals surface area contributed by atoms with Crippen molar-refractivity contribution in [3.05, 3.63) is 24.0 Å². The smallest absolute Gasteiger partial charge is 0.270 e. The van der Waals surface area contributed by atoms with Crippen LogP contribution in [-0.4, -0.2) is 66.6 Å². The summed E-state index contributed by atoms with van der Waals surface area (Å²) in [4.78, 5) is 17.0. The number of amides is 1. The molecule has 116 valence electrons.